The Bertz CT molecular complexity index is 552. The van der Waals surface area contributed by atoms with Crippen LogP contribution in [0.25, 0.3) is 0 Å². The van der Waals surface area contributed by atoms with Gasteiger partial charge in [0.25, 0.3) is 0 Å². The van der Waals surface area contributed by atoms with Gasteiger partial charge in [-0.2, -0.15) is 13.2 Å². The number of halogens is 3. The lowest BCUT2D eigenvalue weighted by Gasteiger charge is -2.16. The zero-order valence-electron chi connectivity index (χ0n) is 10.9. The van der Waals surface area contributed by atoms with E-state index in [9.17, 15) is 18.0 Å². The molecule has 2 aliphatic rings. The van der Waals surface area contributed by atoms with Gasteiger partial charge in [-0.1, -0.05) is 0 Å². The second-order valence-corrected chi connectivity index (χ2v) is 5.34. The van der Waals surface area contributed by atoms with E-state index in [2.05, 4.69) is 4.98 Å². The molecule has 1 N–H and O–H groups in total. The van der Waals surface area contributed by atoms with E-state index in [-0.39, 0.29) is 24.4 Å². The molecule has 1 aromatic heterocycles. The number of nitrogens with zero attached hydrogens (tertiary/aromatic N) is 2. The van der Waals surface area contributed by atoms with Crippen molar-refractivity contribution in [2.45, 2.75) is 6.18 Å². The van der Waals surface area contributed by atoms with Crippen LogP contribution in [0.15, 0.2) is 18.3 Å². The van der Waals surface area contributed by atoms with Crippen molar-refractivity contribution in [2.24, 2.45) is 17.8 Å². The smallest absolute Gasteiger partial charge is 0.421 e. The van der Waals surface area contributed by atoms with Gasteiger partial charge in [-0.15, -0.1) is 0 Å². The van der Waals surface area contributed by atoms with Gasteiger partial charge in [-0.25, -0.2) is 9.78 Å². The van der Waals surface area contributed by atoms with Crippen LogP contribution in [0.3, 0.4) is 0 Å². The third-order valence-corrected chi connectivity index (χ3v) is 4.13. The van der Waals surface area contributed by atoms with E-state index < -0.39 is 23.7 Å². The monoisotopic (exact) mass is 302 g/mol. The maximum Gasteiger partial charge on any atom is 0.421 e. The van der Waals surface area contributed by atoms with Gasteiger partial charge < -0.3 is 14.7 Å². The highest BCUT2D eigenvalue weighted by Crippen LogP contribution is 2.51. The SMILES string of the molecule is O=C(O)N1CC2C(COc3ncccc3C(F)(F)F)C2C1. The first-order valence-corrected chi connectivity index (χ1v) is 6.51. The van der Waals surface area contributed by atoms with Crippen LogP contribution in [0.1, 0.15) is 5.56 Å². The lowest BCUT2D eigenvalue weighted by molar-refractivity contribution is -0.139. The summed E-state index contributed by atoms with van der Waals surface area (Å²) in [6.07, 6.45) is -4.20. The minimum Gasteiger partial charge on any atom is -0.477 e. The Morgan fingerprint density at radius 3 is 2.67 bits per heavy atom. The van der Waals surface area contributed by atoms with Crippen molar-refractivity contribution < 1.29 is 27.8 Å². The molecular formula is C13H13F3N2O3. The maximum absolute atomic E-state index is 12.8. The highest BCUT2D eigenvalue weighted by atomic mass is 19.4. The Labute approximate surface area is 118 Å². The average Bonchev–Trinajstić information content (AvgIpc) is 2.86. The maximum atomic E-state index is 12.8. The molecule has 1 aromatic rings. The number of alkyl halides is 3. The minimum atomic E-state index is -4.50. The molecular weight excluding hydrogens is 289 g/mol. The first-order valence-electron chi connectivity index (χ1n) is 6.51. The summed E-state index contributed by atoms with van der Waals surface area (Å²) in [5.41, 5.74) is -0.886. The van der Waals surface area contributed by atoms with Crippen LogP contribution in [0.2, 0.25) is 0 Å². The van der Waals surface area contributed by atoms with E-state index in [1.165, 1.54) is 17.2 Å². The molecule has 2 unspecified atom stereocenters. The molecule has 5 nitrogen and oxygen atoms in total. The summed E-state index contributed by atoms with van der Waals surface area (Å²) in [6, 6.07) is 2.15. The molecule has 0 radical (unpaired) electrons. The molecule has 1 saturated heterocycles. The number of hydrogen-bond acceptors (Lipinski definition) is 3. The Kier molecular flexibility index (Phi) is 3.18. The van der Waals surface area contributed by atoms with Gasteiger partial charge in [-0.05, 0) is 24.0 Å². The van der Waals surface area contributed by atoms with E-state index in [1.54, 1.807) is 0 Å². The molecule has 0 spiro atoms. The third kappa shape index (κ3) is 2.62. The summed E-state index contributed by atoms with van der Waals surface area (Å²) in [4.78, 5) is 15.7. The molecule has 0 aromatic carbocycles. The van der Waals surface area contributed by atoms with Gasteiger partial charge in [-0.3, -0.25) is 0 Å². The number of rotatable bonds is 3. The van der Waals surface area contributed by atoms with Crippen LogP contribution in [-0.4, -0.2) is 40.8 Å². The predicted molar refractivity (Wildman–Crippen MR) is 64.8 cm³/mol. The van der Waals surface area contributed by atoms with Crippen LogP contribution in [0, 0.1) is 17.8 Å². The van der Waals surface area contributed by atoms with Crippen LogP contribution in [0.5, 0.6) is 5.88 Å². The van der Waals surface area contributed by atoms with Gasteiger partial charge in [0.15, 0.2) is 0 Å². The molecule has 3 rings (SSSR count). The first-order chi connectivity index (χ1) is 9.88. The quantitative estimate of drug-likeness (QED) is 0.931. The highest BCUT2D eigenvalue weighted by Gasteiger charge is 2.57. The lowest BCUT2D eigenvalue weighted by Crippen LogP contribution is -2.30. The van der Waals surface area contributed by atoms with E-state index in [4.69, 9.17) is 9.84 Å². The van der Waals surface area contributed by atoms with E-state index in [1.807, 2.05) is 0 Å². The summed E-state index contributed by atoms with van der Waals surface area (Å²) in [5.74, 6) is 0.0899. The molecule has 0 bridgehead atoms. The van der Waals surface area contributed by atoms with Crippen molar-refractivity contribution >= 4 is 6.09 Å². The van der Waals surface area contributed by atoms with Gasteiger partial charge in [0, 0.05) is 25.2 Å². The Hall–Kier alpha value is -1.99. The molecule has 1 saturated carbocycles. The molecule has 21 heavy (non-hydrogen) atoms. The molecule has 1 aliphatic carbocycles. The lowest BCUT2D eigenvalue weighted by atomic mass is 10.2. The fraction of sp³-hybridized carbons (Fsp3) is 0.538. The zero-order valence-corrected chi connectivity index (χ0v) is 10.9. The number of pyridine rings is 1. The largest absolute Gasteiger partial charge is 0.477 e. The number of carboxylic acid groups (broad SMARTS) is 1. The van der Waals surface area contributed by atoms with Crippen molar-refractivity contribution in [3.05, 3.63) is 23.9 Å². The van der Waals surface area contributed by atoms with Gasteiger partial charge in [0.2, 0.25) is 5.88 Å². The van der Waals surface area contributed by atoms with Gasteiger partial charge >= 0.3 is 12.3 Å². The number of hydrogen-bond donors (Lipinski definition) is 1. The van der Waals surface area contributed by atoms with Crippen molar-refractivity contribution in [1.82, 2.24) is 9.88 Å². The Morgan fingerprint density at radius 1 is 1.43 bits per heavy atom. The van der Waals surface area contributed by atoms with E-state index in [0.717, 1.165) is 6.07 Å². The van der Waals surface area contributed by atoms with Crippen LogP contribution in [-0.2, 0) is 6.18 Å². The van der Waals surface area contributed by atoms with Crippen molar-refractivity contribution in [3.63, 3.8) is 0 Å². The van der Waals surface area contributed by atoms with Crippen molar-refractivity contribution in [3.8, 4) is 5.88 Å². The number of ether oxygens (including phenoxy) is 1. The summed E-state index contributed by atoms with van der Waals surface area (Å²) in [5, 5.41) is 8.83. The summed E-state index contributed by atoms with van der Waals surface area (Å²) < 4.78 is 43.5. The fourth-order valence-electron chi connectivity index (χ4n) is 2.95. The second-order valence-electron chi connectivity index (χ2n) is 5.34. The van der Waals surface area contributed by atoms with Crippen LogP contribution < -0.4 is 4.74 Å². The molecule has 2 atom stereocenters. The zero-order chi connectivity index (χ0) is 15.2. The fourth-order valence-corrected chi connectivity index (χ4v) is 2.95. The van der Waals surface area contributed by atoms with E-state index >= 15 is 0 Å². The molecule has 1 aliphatic heterocycles. The van der Waals surface area contributed by atoms with Crippen LogP contribution >= 0.6 is 0 Å². The minimum absolute atomic E-state index is 0.115. The Balaban J connectivity index is 1.58. The first kappa shape index (κ1) is 14.0. The summed E-state index contributed by atoms with van der Waals surface area (Å²) in [7, 11) is 0. The van der Waals surface area contributed by atoms with Gasteiger partial charge in [0.05, 0.1) is 6.61 Å². The predicted octanol–water partition coefficient (Wildman–Crippen LogP) is 2.34. The number of carbonyl (C=O) groups is 1. The van der Waals surface area contributed by atoms with Gasteiger partial charge in [0.1, 0.15) is 5.56 Å². The molecule has 1 amide bonds. The normalized spacial score (nSPS) is 27.4. The van der Waals surface area contributed by atoms with Crippen LogP contribution in [0.4, 0.5) is 18.0 Å². The molecule has 114 valence electrons. The summed E-state index contributed by atoms with van der Waals surface area (Å²) in [6.45, 7) is 1.01. The van der Waals surface area contributed by atoms with E-state index in [0.29, 0.717) is 13.1 Å². The molecule has 8 heteroatoms. The molecule has 2 heterocycles. The number of fused-ring (bicyclic) bond motifs is 1. The third-order valence-electron chi connectivity index (χ3n) is 4.13. The standard InChI is InChI=1S/C13H13F3N2O3/c14-13(15,16)10-2-1-3-17-11(10)21-6-9-7-4-18(12(19)20)5-8(7)9/h1-3,7-9H,4-6H2,(H,19,20). The Morgan fingerprint density at radius 2 is 2.10 bits per heavy atom. The topological polar surface area (TPSA) is 62.7 Å². The number of likely N-dealkylation sites (tertiary alicyclic amines) is 1. The number of piperidine rings is 1. The highest BCUT2D eigenvalue weighted by molar-refractivity contribution is 5.65. The number of amides is 1. The number of aromatic nitrogens is 1. The molecule has 2 fully saturated rings. The van der Waals surface area contributed by atoms with Crippen molar-refractivity contribution in [1.29, 1.82) is 0 Å². The average molecular weight is 302 g/mol. The van der Waals surface area contributed by atoms with Crippen molar-refractivity contribution in [2.75, 3.05) is 19.7 Å². The second kappa shape index (κ2) is 4.78. The summed E-state index contributed by atoms with van der Waals surface area (Å²) >= 11 is 0.